The van der Waals surface area contributed by atoms with E-state index < -0.39 is 0 Å². The third-order valence-corrected chi connectivity index (χ3v) is 5.19. The summed E-state index contributed by atoms with van der Waals surface area (Å²) in [6, 6.07) is 7.00. The number of anilines is 1. The largest absolute Gasteiger partial charge is 0.495 e. The molecule has 0 aliphatic rings. The molecule has 0 saturated carbocycles. The van der Waals surface area contributed by atoms with E-state index in [4.69, 9.17) is 22.7 Å². The summed E-state index contributed by atoms with van der Waals surface area (Å²) in [5.74, 6) is 0.330. The van der Waals surface area contributed by atoms with Gasteiger partial charge in [0, 0.05) is 5.56 Å². The maximum Gasteiger partial charge on any atom is 0.265 e. The molecule has 0 aliphatic heterocycles. The average Bonchev–Trinajstić information content (AvgIpc) is 2.79. The molecule has 0 saturated heterocycles. The van der Waals surface area contributed by atoms with Gasteiger partial charge in [0.15, 0.2) is 0 Å². The van der Waals surface area contributed by atoms with E-state index in [1.54, 1.807) is 18.2 Å². The second kappa shape index (κ2) is 6.55. The highest BCUT2D eigenvalue weighted by Crippen LogP contribution is 2.30. The molecular formula is C14H13BrN2O2S2. The third-order valence-electron chi connectivity index (χ3n) is 2.82. The number of aryl methyl sites for hydroxylation is 1. The van der Waals surface area contributed by atoms with Crippen LogP contribution >= 0.6 is 39.5 Å². The lowest BCUT2D eigenvalue weighted by Gasteiger charge is -2.11. The molecule has 0 bridgehead atoms. The van der Waals surface area contributed by atoms with Gasteiger partial charge in [0.1, 0.15) is 10.7 Å². The van der Waals surface area contributed by atoms with Gasteiger partial charge in [0.2, 0.25) is 0 Å². The van der Waals surface area contributed by atoms with Gasteiger partial charge < -0.3 is 15.8 Å². The molecule has 0 fully saturated rings. The van der Waals surface area contributed by atoms with Crippen LogP contribution < -0.4 is 15.8 Å². The zero-order chi connectivity index (χ0) is 15.6. The smallest absolute Gasteiger partial charge is 0.265 e. The summed E-state index contributed by atoms with van der Waals surface area (Å²) >= 11 is 9.72. The maximum atomic E-state index is 12.2. The molecule has 1 heterocycles. The van der Waals surface area contributed by atoms with Crippen molar-refractivity contribution in [1.29, 1.82) is 0 Å². The monoisotopic (exact) mass is 384 g/mol. The number of hydrogen-bond donors (Lipinski definition) is 2. The van der Waals surface area contributed by atoms with Crippen molar-refractivity contribution < 1.29 is 9.53 Å². The van der Waals surface area contributed by atoms with Gasteiger partial charge in [-0.3, -0.25) is 4.79 Å². The van der Waals surface area contributed by atoms with Crippen LogP contribution in [-0.4, -0.2) is 18.0 Å². The first-order chi connectivity index (χ1) is 9.92. The van der Waals surface area contributed by atoms with Crippen LogP contribution in [0.15, 0.2) is 28.1 Å². The molecule has 1 aromatic carbocycles. The lowest BCUT2D eigenvalue weighted by atomic mass is 10.2. The Labute approximate surface area is 140 Å². The Morgan fingerprint density at radius 3 is 2.67 bits per heavy atom. The number of thiophene rings is 1. The number of nitrogens with one attached hydrogen (secondary N) is 1. The van der Waals surface area contributed by atoms with Crippen LogP contribution in [0, 0.1) is 6.92 Å². The van der Waals surface area contributed by atoms with Gasteiger partial charge in [0.25, 0.3) is 5.91 Å². The Kier molecular flexibility index (Phi) is 4.97. The fourth-order valence-corrected chi connectivity index (χ4v) is 3.26. The van der Waals surface area contributed by atoms with Crippen molar-refractivity contribution in [2.45, 2.75) is 6.92 Å². The standard InChI is InChI=1S/C14H13BrN2O2S2/c1-7-5-11(21-12(7)15)14(18)17-9-4-3-8(13(16)20)6-10(9)19-2/h3-6H,1-2H3,(H2,16,20)(H,17,18). The van der Waals surface area contributed by atoms with Gasteiger partial charge in [-0.1, -0.05) is 12.2 Å². The molecule has 1 amide bonds. The number of carbonyl (C=O) groups is 1. The van der Waals surface area contributed by atoms with Crippen molar-refractivity contribution in [3.63, 3.8) is 0 Å². The van der Waals surface area contributed by atoms with Crippen molar-refractivity contribution >= 4 is 56.1 Å². The summed E-state index contributed by atoms with van der Waals surface area (Å²) in [6.45, 7) is 1.94. The van der Waals surface area contributed by atoms with E-state index in [0.29, 0.717) is 21.9 Å². The number of methoxy groups -OCH3 is 1. The zero-order valence-electron chi connectivity index (χ0n) is 11.4. The topological polar surface area (TPSA) is 64.3 Å². The molecule has 110 valence electrons. The number of halogens is 1. The van der Waals surface area contributed by atoms with E-state index in [2.05, 4.69) is 21.2 Å². The molecule has 1 aromatic heterocycles. The van der Waals surface area contributed by atoms with Crippen molar-refractivity contribution in [1.82, 2.24) is 0 Å². The van der Waals surface area contributed by atoms with Crippen LogP contribution in [0.3, 0.4) is 0 Å². The number of hydrogen-bond acceptors (Lipinski definition) is 4. The highest BCUT2D eigenvalue weighted by atomic mass is 79.9. The predicted molar refractivity (Wildman–Crippen MR) is 93.6 cm³/mol. The molecule has 0 unspecified atom stereocenters. The highest BCUT2D eigenvalue weighted by molar-refractivity contribution is 9.11. The Morgan fingerprint density at radius 2 is 2.14 bits per heavy atom. The van der Waals surface area contributed by atoms with Gasteiger partial charge in [-0.2, -0.15) is 0 Å². The molecule has 2 rings (SSSR count). The van der Waals surface area contributed by atoms with Crippen molar-refractivity contribution in [2.24, 2.45) is 5.73 Å². The Morgan fingerprint density at radius 1 is 1.43 bits per heavy atom. The van der Waals surface area contributed by atoms with E-state index in [1.807, 2.05) is 13.0 Å². The molecule has 2 aromatic rings. The minimum absolute atomic E-state index is 0.185. The molecule has 4 nitrogen and oxygen atoms in total. The molecule has 0 radical (unpaired) electrons. The fourth-order valence-electron chi connectivity index (χ4n) is 1.70. The summed E-state index contributed by atoms with van der Waals surface area (Å²) in [6.07, 6.45) is 0. The van der Waals surface area contributed by atoms with Crippen molar-refractivity contribution in [2.75, 3.05) is 12.4 Å². The van der Waals surface area contributed by atoms with Gasteiger partial charge in [-0.05, 0) is 52.7 Å². The Hall–Kier alpha value is -1.44. The van der Waals surface area contributed by atoms with E-state index >= 15 is 0 Å². The van der Waals surface area contributed by atoms with Gasteiger partial charge >= 0.3 is 0 Å². The third kappa shape index (κ3) is 3.61. The number of ether oxygens (including phenoxy) is 1. The molecule has 0 aliphatic carbocycles. The minimum atomic E-state index is -0.185. The summed E-state index contributed by atoms with van der Waals surface area (Å²) in [7, 11) is 1.53. The first-order valence-electron chi connectivity index (χ1n) is 5.97. The second-order valence-electron chi connectivity index (χ2n) is 4.30. The Bertz CT molecular complexity index is 693. The van der Waals surface area contributed by atoms with Gasteiger partial charge in [0.05, 0.1) is 21.5 Å². The number of benzene rings is 1. The molecule has 0 spiro atoms. The lowest BCUT2D eigenvalue weighted by Crippen LogP contribution is -2.13. The zero-order valence-corrected chi connectivity index (χ0v) is 14.6. The maximum absolute atomic E-state index is 12.2. The van der Waals surface area contributed by atoms with Crippen molar-refractivity contribution in [3.05, 3.63) is 44.1 Å². The predicted octanol–water partition coefficient (Wildman–Crippen LogP) is 3.71. The first kappa shape index (κ1) is 15.9. The summed E-state index contributed by atoms with van der Waals surface area (Å²) in [4.78, 5) is 13.1. The van der Waals surface area contributed by atoms with Crippen LogP contribution in [0.1, 0.15) is 20.8 Å². The summed E-state index contributed by atoms with van der Waals surface area (Å²) in [5.41, 5.74) is 7.88. The van der Waals surface area contributed by atoms with Crippen LogP contribution in [0.4, 0.5) is 5.69 Å². The summed E-state index contributed by atoms with van der Waals surface area (Å²) in [5, 5.41) is 2.83. The first-order valence-corrected chi connectivity index (χ1v) is 7.99. The average molecular weight is 385 g/mol. The molecule has 0 atom stereocenters. The van der Waals surface area contributed by atoms with Crippen molar-refractivity contribution in [3.8, 4) is 5.75 Å². The number of rotatable bonds is 4. The van der Waals surface area contributed by atoms with Crippen LogP contribution in [0.5, 0.6) is 5.75 Å². The second-order valence-corrected chi connectivity index (χ2v) is 7.11. The molecule has 21 heavy (non-hydrogen) atoms. The normalized spacial score (nSPS) is 10.2. The minimum Gasteiger partial charge on any atom is -0.495 e. The Balaban J connectivity index is 2.26. The van der Waals surface area contributed by atoms with Gasteiger partial charge in [-0.25, -0.2) is 0 Å². The quantitative estimate of drug-likeness (QED) is 0.788. The lowest BCUT2D eigenvalue weighted by molar-refractivity contribution is 0.103. The van der Waals surface area contributed by atoms with E-state index in [1.165, 1.54) is 18.4 Å². The number of amides is 1. The molecular weight excluding hydrogens is 372 g/mol. The molecule has 3 N–H and O–H groups in total. The van der Waals surface area contributed by atoms with Crippen LogP contribution in [0.25, 0.3) is 0 Å². The van der Waals surface area contributed by atoms with Crippen LogP contribution in [0.2, 0.25) is 0 Å². The number of nitrogens with two attached hydrogens (primary N) is 1. The fraction of sp³-hybridized carbons (Fsp3) is 0.143. The SMILES string of the molecule is COc1cc(C(N)=S)ccc1NC(=O)c1cc(C)c(Br)s1. The highest BCUT2D eigenvalue weighted by Gasteiger charge is 2.14. The van der Waals surface area contributed by atoms with Gasteiger partial charge in [-0.15, -0.1) is 11.3 Å². The van der Waals surface area contributed by atoms with Crippen LogP contribution in [-0.2, 0) is 0 Å². The van der Waals surface area contributed by atoms with E-state index in [0.717, 1.165) is 9.35 Å². The molecule has 7 heteroatoms. The number of carbonyl (C=O) groups excluding carboxylic acids is 1. The van der Waals surface area contributed by atoms with E-state index in [9.17, 15) is 4.79 Å². The number of thiocarbonyl (C=S) groups is 1. The van der Waals surface area contributed by atoms with E-state index in [-0.39, 0.29) is 10.9 Å². The summed E-state index contributed by atoms with van der Waals surface area (Å²) < 4.78 is 6.21.